The Morgan fingerprint density at radius 3 is 2.04 bits per heavy atom. The fraction of sp³-hybridized carbons (Fsp3) is 0.333. The highest BCUT2D eigenvalue weighted by Gasteiger charge is 2.09. The Kier molecular flexibility index (Phi) is 7.21. The summed E-state index contributed by atoms with van der Waals surface area (Å²) in [6, 6.07) is 13.8. The van der Waals surface area contributed by atoms with Crippen molar-refractivity contribution in [1.29, 1.82) is 0 Å². The second-order valence-electron chi connectivity index (χ2n) is 6.43. The van der Waals surface area contributed by atoms with E-state index in [0.29, 0.717) is 35.9 Å². The van der Waals surface area contributed by atoms with Crippen LogP contribution in [0.25, 0.3) is 0 Å². The molecule has 0 heterocycles. The van der Waals surface area contributed by atoms with Gasteiger partial charge in [-0.05, 0) is 67.8 Å². The summed E-state index contributed by atoms with van der Waals surface area (Å²) in [6.45, 7) is 7.40. The molecule has 26 heavy (non-hydrogen) atoms. The minimum atomic E-state index is -0.221. The molecule has 0 saturated heterocycles. The molecule has 0 bridgehead atoms. The van der Waals surface area contributed by atoms with Crippen LogP contribution in [-0.2, 0) is 0 Å². The van der Waals surface area contributed by atoms with Gasteiger partial charge in [0.05, 0.1) is 6.61 Å². The highest BCUT2D eigenvalue weighted by Crippen LogP contribution is 2.16. The van der Waals surface area contributed by atoms with Crippen LogP contribution in [0.3, 0.4) is 0 Å². The van der Waals surface area contributed by atoms with Crippen molar-refractivity contribution in [3.8, 4) is 5.75 Å². The zero-order chi connectivity index (χ0) is 18.9. The van der Waals surface area contributed by atoms with Crippen molar-refractivity contribution in [2.24, 2.45) is 5.92 Å². The van der Waals surface area contributed by atoms with Gasteiger partial charge in [-0.1, -0.05) is 13.8 Å². The second kappa shape index (κ2) is 9.61. The van der Waals surface area contributed by atoms with Gasteiger partial charge >= 0.3 is 0 Å². The van der Waals surface area contributed by atoms with Gasteiger partial charge in [-0.3, -0.25) is 9.59 Å². The number of rotatable bonds is 8. The Morgan fingerprint density at radius 2 is 1.50 bits per heavy atom. The summed E-state index contributed by atoms with van der Waals surface area (Å²) in [6.07, 6.45) is 0.939. The maximum absolute atomic E-state index is 12.3. The molecule has 0 fully saturated rings. The molecule has 0 aliphatic carbocycles. The van der Waals surface area contributed by atoms with Gasteiger partial charge in [0.1, 0.15) is 5.75 Å². The van der Waals surface area contributed by atoms with E-state index in [1.165, 1.54) is 0 Å². The Balaban J connectivity index is 1.92. The summed E-state index contributed by atoms with van der Waals surface area (Å²) >= 11 is 0. The van der Waals surface area contributed by atoms with E-state index >= 15 is 0 Å². The molecular formula is C21H26N2O3. The highest BCUT2D eigenvalue weighted by molar-refractivity contribution is 6.05. The average Bonchev–Trinajstić information content (AvgIpc) is 2.63. The Labute approximate surface area is 154 Å². The second-order valence-corrected chi connectivity index (χ2v) is 6.43. The number of amides is 2. The van der Waals surface area contributed by atoms with Crippen LogP contribution in [-0.4, -0.2) is 25.0 Å². The standard InChI is InChI=1S/C21H26N2O3/c1-4-26-19-11-9-18(10-12-19)23-21(25)17-7-5-16(6-8-17)20(24)22-14-13-15(2)3/h5-12,15H,4,13-14H2,1-3H3,(H,22,24)(H,23,25). The molecule has 2 aromatic carbocycles. The van der Waals surface area contributed by atoms with Gasteiger partial charge in [0, 0.05) is 23.4 Å². The molecule has 0 spiro atoms. The topological polar surface area (TPSA) is 67.4 Å². The van der Waals surface area contributed by atoms with E-state index in [9.17, 15) is 9.59 Å². The largest absolute Gasteiger partial charge is 0.494 e. The quantitative estimate of drug-likeness (QED) is 0.749. The van der Waals surface area contributed by atoms with Crippen molar-refractivity contribution < 1.29 is 14.3 Å². The van der Waals surface area contributed by atoms with Crippen molar-refractivity contribution >= 4 is 17.5 Å². The monoisotopic (exact) mass is 354 g/mol. The van der Waals surface area contributed by atoms with Gasteiger partial charge in [0.25, 0.3) is 11.8 Å². The number of carbonyl (C=O) groups excluding carboxylic acids is 2. The lowest BCUT2D eigenvalue weighted by Crippen LogP contribution is -2.25. The SMILES string of the molecule is CCOc1ccc(NC(=O)c2ccc(C(=O)NCCC(C)C)cc2)cc1. The van der Waals surface area contributed by atoms with Crippen LogP contribution in [0.2, 0.25) is 0 Å². The van der Waals surface area contributed by atoms with E-state index in [0.717, 1.165) is 12.2 Å². The number of hydrogen-bond donors (Lipinski definition) is 2. The minimum Gasteiger partial charge on any atom is -0.494 e. The van der Waals surface area contributed by atoms with Crippen LogP contribution in [0.5, 0.6) is 5.75 Å². The lowest BCUT2D eigenvalue weighted by Gasteiger charge is -2.09. The first-order valence-electron chi connectivity index (χ1n) is 8.92. The number of ether oxygens (including phenoxy) is 1. The molecule has 2 amide bonds. The number of anilines is 1. The maximum atomic E-state index is 12.3. The molecule has 0 aromatic heterocycles. The van der Waals surface area contributed by atoms with Crippen molar-refractivity contribution in [3.05, 3.63) is 59.7 Å². The Morgan fingerprint density at radius 1 is 0.923 bits per heavy atom. The zero-order valence-corrected chi connectivity index (χ0v) is 15.5. The predicted octanol–water partition coefficient (Wildman–Crippen LogP) is 4.11. The molecule has 5 heteroatoms. The minimum absolute atomic E-state index is 0.121. The molecule has 0 aliphatic rings. The van der Waals surface area contributed by atoms with Crippen LogP contribution in [0.4, 0.5) is 5.69 Å². The van der Waals surface area contributed by atoms with Crippen molar-refractivity contribution in [2.45, 2.75) is 27.2 Å². The number of benzene rings is 2. The van der Waals surface area contributed by atoms with Crippen LogP contribution < -0.4 is 15.4 Å². The van der Waals surface area contributed by atoms with E-state index in [2.05, 4.69) is 24.5 Å². The van der Waals surface area contributed by atoms with Crippen molar-refractivity contribution in [1.82, 2.24) is 5.32 Å². The predicted molar refractivity (Wildman–Crippen MR) is 104 cm³/mol. The summed E-state index contributed by atoms with van der Waals surface area (Å²) in [5.74, 6) is 0.965. The smallest absolute Gasteiger partial charge is 0.255 e. The van der Waals surface area contributed by atoms with Gasteiger partial charge in [-0.25, -0.2) is 0 Å². The molecule has 5 nitrogen and oxygen atoms in total. The summed E-state index contributed by atoms with van der Waals surface area (Å²) in [4.78, 5) is 24.4. The average molecular weight is 354 g/mol. The lowest BCUT2D eigenvalue weighted by molar-refractivity contribution is 0.0950. The third-order valence-corrected chi connectivity index (χ3v) is 3.84. The Hall–Kier alpha value is -2.82. The van der Waals surface area contributed by atoms with Gasteiger partial charge in [-0.15, -0.1) is 0 Å². The molecule has 0 saturated carbocycles. The summed E-state index contributed by atoms with van der Waals surface area (Å²) < 4.78 is 5.38. The fourth-order valence-corrected chi connectivity index (χ4v) is 2.35. The van der Waals surface area contributed by atoms with Crippen molar-refractivity contribution in [3.63, 3.8) is 0 Å². The fourth-order valence-electron chi connectivity index (χ4n) is 2.35. The van der Waals surface area contributed by atoms with Crippen LogP contribution in [0.1, 0.15) is 47.9 Å². The normalized spacial score (nSPS) is 10.5. The third-order valence-electron chi connectivity index (χ3n) is 3.84. The van der Waals surface area contributed by atoms with Gasteiger partial charge in [-0.2, -0.15) is 0 Å². The summed E-state index contributed by atoms with van der Waals surface area (Å²) in [5, 5.41) is 5.71. The molecular weight excluding hydrogens is 328 g/mol. The van der Waals surface area contributed by atoms with E-state index in [-0.39, 0.29) is 11.8 Å². The Bertz CT molecular complexity index is 722. The van der Waals surface area contributed by atoms with E-state index < -0.39 is 0 Å². The summed E-state index contributed by atoms with van der Waals surface area (Å²) in [7, 11) is 0. The van der Waals surface area contributed by atoms with E-state index in [1.807, 2.05) is 19.1 Å². The first-order chi connectivity index (χ1) is 12.5. The number of carbonyl (C=O) groups is 2. The van der Waals surface area contributed by atoms with Crippen LogP contribution in [0, 0.1) is 5.92 Å². The van der Waals surface area contributed by atoms with Crippen molar-refractivity contribution in [2.75, 3.05) is 18.5 Å². The zero-order valence-electron chi connectivity index (χ0n) is 15.5. The molecule has 2 N–H and O–H groups in total. The lowest BCUT2D eigenvalue weighted by atomic mass is 10.1. The molecule has 138 valence electrons. The molecule has 0 aliphatic heterocycles. The third kappa shape index (κ3) is 5.92. The molecule has 0 unspecified atom stereocenters. The van der Waals surface area contributed by atoms with Crippen LogP contribution >= 0.6 is 0 Å². The van der Waals surface area contributed by atoms with Gasteiger partial charge < -0.3 is 15.4 Å². The number of hydrogen-bond acceptors (Lipinski definition) is 3. The molecule has 2 aromatic rings. The van der Waals surface area contributed by atoms with E-state index in [4.69, 9.17) is 4.74 Å². The number of nitrogens with one attached hydrogen (secondary N) is 2. The van der Waals surface area contributed by atoms with Gasteiger partial charge in [0.2, 0.25) is 0 Å². The highest BCUT2D eigenvalue weighted by atomic mass is 16.5. The first kappa shape index (κ1) is 19.5. The molecule has 2 rings (SSSR count). The summed E-state index contributed by atoms with van der Waals surface area (Å²) in [5.41, 5.74) is 1.73. The van der Waals surface area contributed by atoms with Crippen LogP contribution in [0.15, 0.2) is 48.5 Å². The maximum Gasteiger partial charge on any atom is 0.255 e. The first-order valence-corrected chi connectivity index (χ1v) is 8.92. The van der Waals surface area contributed by atoms with E-state index in [1.54, 1.807) is 36.4 Å². The van der Waals surface area contributed by atoms with Gasteiger partial charge in [0.15, 0.2) is 0 Å². The molecule has 0 radical (unpaired) electrons. The molecule has 0 atom stereocenters.